The van der Waals surface area contributed by atoms with Crippen molar-refractivity contribution in [3.63, 3.8) is 0 Å². The van der Waals surface area contributed by atoms with Gasteiger partial charge in [0.25, 0.3) is 0 Å². The summed E-state index contributed by atoms with van der Waals surface area (Å²) in [4.78, 5) is 40.4. The molecule has 0 radical (unpaired) electrons. The Morgan fingerprint density at radius 1 is 1.00 bits per heavy atom. The third kappa shape index (κ3) is 3.38. The highest BCUT2D eigenvalue weighted by molar-refractivity contribution is 5.86. The molecule has 12 heteroatoms. The van der Waals surface area contributed by atoms with Crippen LogP contribution in [0.1, 0.15) is 17.4 Å². The summed E-state index contributed by atoms with van der Waals surface area (Å²) in [5.74, 6) is 0.928. The lowest BCUT2D eigenvalue weighted by molar-refractivity contribution is -0.134. The lowest BCUT2D eigenvalue weighted by Gasteiger charge is -2.37. The minimum absolute atomic E-state index is 0. The van der Waals surface area contributed by atoms with Gasteiger partial charge in [0.1, 0.15) is 17.9 Å². The van der Waals surface area contributed by atoms with Crippen LogP contribution in [0.25, 0.3) is 11.2 Å². The fourth-order valence-electron chi connectivity index (χ4n) is 3.74. The zero-order valence-corrected chi connectivity index (χ0v) is 16.6. The van der Waals surface area contributed by atoms with Gasteiger partial charge < -0.3 is 25.1 Å². The molecule has 0 bridgehead atoms. The van der Waals surface area contributed by atoms with Crippen molar-refractivity contribution in [1.29, 1.82) is 0 Å². The van der Waals surface area contributed by atoms with E-state index in [2.05, 4.69) is 40.1 Å². The number of nitrogens with zero attached hydrogens (tertiary/aromatic N) is 6. The average Bonchev–Trinajstić information content (AvgIpc) is 3.36. The van der Waals surface area contributed by atoms with E-state index in [1.54, 1.807) is 12.7 Å². The topological polar surface area (TPSA) is 119 Å². The first kappa shape index (κ1) is 20.3. The van der Waals surface area contributed by atoms with E-state index < -0.39 is 0 Å². The minimum Gasteiger partial charge on any atom is -0.351 e. The number of carbonyl (C=O) groups is 1. The Balaban J connectivity index is 0.00000112. The number of hydrogen-bond donors (Lipinski definition) is 3. The maximum atomic E-state index is 13.0. The molecule has 2 aliphatic heterocycles. The molecule has 0 aromatic carbocycles. The SMILES string of the molecule is Cl.Cl.O=C(C1NCCc2[nH]cnc21)N1CCN(c2ncnc3nc[nH]c23)CC1. The first-order valence-corrected chi connectivity index (χ1v) is 8.74. The Kier molecular flexibility index (Phi) is 6.01. The van der Waals surface area contributed by atoms with E-state index >= 15 is 0 Å². The van der Waals surface area contributed by atoms with Gasteiger partial charge in [-0.1, -0.05) is 0 Å². The molecule has 3 aromatic rings. The molecule has 1 fully saturated rings. The molecule has 3 aromatic heterocycles. The summed E-state index contributed by atoms with van der Waals surface area (Å²) in [5.41, 5.74) is 3.38. The number of anilines is 1. The monoisotopic (exact) mass is 425 g/mol. The molecule has 5 rings (SSSR count). The largest absolute Gasteiger partial charge is 0.351 e. The second kappa shape index (κ2) is 8.29. The Morgan fingerprint density at radius 3 is 2.61 bits per heavy atom. The van der Waals surface area contributed by atoms with Crippen LogP contribution >= 0.6 is 24.8 Å². The number of amides is 1. The van der Waals surface area contributed by atoms with Crippen LogP contribution in [0.5, 0.6) is 0 Å². The molecule has 0 spiro atoms. The van der Waals surface area contributed by atoms with E-state index in [4.69, 9.17) is 0 Å². The van der Waals surface area contributed by atoms with Crippen LogP contribution < -0.4 is 10.2 Å². The van der Waals surface area contributed by atoms with Gasteiger partial charge in [-0.2, -0.15) is 0 Å². The van der Waals surface area contributed by atoms with Crippen LogP contribution in [0, 0.1) is 0 Å². The number of carbonyl (C=O) groups excluding carboxylic acids is 1. The number of aromatic nitrogens is 6. The zero-order chi connectivity index (χ0) is 17.5. The summed E-state index contributed by atoms with van der Waals surface area (Å²) >= 11 is 0. The molecule has 2 aliphatic rings. The normalized spacial score (nSPS) is 18.9. The van der Waals surface area contributed by atoms with Gasteiger partial charge in [-0.05, 0) is 0 Å². The van der Waals surface area contributed by atoms with Gasteiger partial charge in [0.2, 0.25) is 5.91 Å². The Labute approximate surface area is 173 Å². The number of rotatable bonds is 2. The van der Waals surface area contributed by atoms with Crippen molar-refractivity contribution < 1.29 is 4.79 Å². The number of imidazole rings is 2. The maximum Gasteiger partial charge on any atom is 0.246 e. The van der Waals surface area contributed by atoms with Crippen LogP contribution in [0.3, 0.4) is 0 Å². The molecule has 1 saturated heterocycles. The smallest absolute Gasteiger partial charge is 0.246 e. The molecule has 1 unspecified atom stereocenters. The maximum absolute atomic E-state index is 13.0. The van der Waals surface area contributed by atoms with Crippen molar-refractivity contribution in [2.45, 2.75) is 12.5 Å². The quantitative estimate of drug-likeness (QED) is 0.545. The first-order valence-electron chi connectivity index (χ1n) is 8.74. The van der Waals surface area contributed by atoms with Crippen molar-refractivity contribution in [3.05, 3.63) is 30.4 Å². The summed E-state index contributed by atoms with van der Waals surface area (Å²) < 4.78 is 0. The van der Waals surface area contributed by atoms with Crippen LogP contribution in [0.2, 0.25) is 0 Å². The van der Waals surface area contributed by atoms with Crippen molar-refractivity contribution in [2.24, 2.45) is 0 Å². The van der Waals surface area contributed by atoms with Gasteiger partial charge in [0.05, 0.1) is 18.3 Å². The molecule has 5 heterocycles. The molecular formula is C16H21Cl2N9O. The van der Waals surface area contributed by atoms with Crippen LogP contribution in [-0.4, -0.2) is 73.4 Å². The number of H-pyrrole nitrogens is 2. The van der Waals surface area contributed by atoms with Crippen molar-refractivity contribution in [2.75, 3.05) is 37.6 Å². The Hall–Kier alpha value is -2.43. The van der Waals surface area contributed by atoms with Gasteiger partial charge in [0, 0.05) is 44.8 Å². The highest BCUT2D eigenvalue weighted by atomic mass is 35.5. The van der Waals surface area contributed by atoms with Gasteiger partial charge in [-0.25, -0.2) is 19.9 Å². The second-order valence-corrected chi connectivity index (χ2v) is 6.51. The molecule has 10 nitrogen and oxygen atoms in total. The van der Waals surface area contributed by atoms with Gasteiger partial charge in [-0.3, -0.25) is 4.79 Å². The van der Waals surface area contributed by atoms with E-state index in [0.29, 0.717) is 18.7 Å². The van der Waals surface area contributed by atoms with Crippen LogP contribution in [0.4, 0.5) is 5.82 Å². The Bertz CT molecular complexity index is 950. The van der Waals surface area contributed by atoms with Crippen molar-refractivity contribution in [3.8, 4) is 0 Å². The first-order chi connectivity index (χ1) is 12.8. The van der Waals surface area contributed by atoms with E-state index in [1.807, 2.05) is 4.90 Å². The van der Waals surface area contributed by atoms with E-state index in [-0.39, 0.29) is 36.8 Å². The lowest BCUT2D eigenvalue weighted by Crippen LogP contribution is -2.52. The summed E-state index contributed by atoms with van der Waals surface area (Å²) in [5, 5.41) is 3.30. The Morgan fingerprint density at radius 2 is 1.79 bits per heavy atom. The summed E-state index contributed by atoms with van der Waals surface area (Å²) in [7, 11) is 0. The minimum atomic E-state index is -0.352. The number of piperazine rings is 1. The summed E-state index contributed by atoms with van der Waals surface area (Å²) in [6.07, 6.45) is 5.70. The number of nitrogens with one attached hydrogen (secondary N) is 3. The molecular weight excluding hydrogens is 405 g/mol. The molecule has 1 atom stereocenters. The molecule has 1 amide bonds. The molecule has 0 saturated carbocycles. The molecule has 3 N–H and O–H groups in total. The molecule has 28 heavy (non-hydrogen) atoms. The number of fused-ring (bicyclic) bond motifs is 2. The predicted molar refractivity (Wildman–Crippen MR) is 108 cm³/mol. The number of aromatic amines is 2. The van der Waals surface area contributed by atoms with Crippen LogP contribution in [-0.2, 0) is 11.2 Å². The van der Waals surface area contributed by atoms with Gasteiger partial charge in [0.15, 0.2) is 11.5 Å². The van der Waals surface area contributed by atoms with Gasteiger partial charge in [-0.15, -0.1) is 24.8 Å². The zero-order valence-electron chi connectivity index (χ0n) is 15.0. The highest BCUT2D eigenvalue weighted by Crippen LogP contribution is 2.24. The fourth-order valence-corrected chi connectivity index (χ4v) is 3.74. The van der Waals surface area contributed by atoms with Crippen molar-refractivity contribution in [1.82, 2.24) is 40.1 Å². The third-order valence-electron chi connectivity index (χ3n) is 5.09. The standard InChI is InChI=1S/C16H19N9O.2ClH/c26-16(12-11-10(1-2-17-12)18-7-19-11)25-5-3-24(4-6-25)15-13-14(21-8-20-13)22-9-23-15;;/h7-9,12,17H,1-6H2,(H,18,19)(H,20,21,22,23);2*1H. The lowest BCUT2D eigenvalue weighted by atomic mass is 10.0. The number of hydrogen-bond acceptors (Lipinski definition) is 7. The third-order valence-corrected chi connectivity index (χ3v) is 5.09. The summed E-state index contributed by atoms with van der Waals surface area (Å²) in [6, 6.07) is -0.352. The average molecular weight is 426 g/mol. The van der Waals surface area contributed by atoms with E-state index in [1.165, 1.54) is 6.33 Å². The van der Waals surface area contributed by atoms with E-state index in [0.717, 1.165) is 48.8 Å². The second-order valence-electron chi connectivity index (χ2n) is 6.51. The molecule has 150 valence electrons. The predicted octanol–water partition coefficient (Wildman–Crippen LogP) is 0.455. The van der Waals surface area contributed by atoms with Gasteiger partial charge >= 0.3 is 0 Å². The summed E-state index contributed by atoms with van der Waals surface area (Å²) in [6.45, 7) is 3.52. The van der Waals surface area contributed by atoms with Crippen molar-refractivity contribution >= 4 is 47.7 Å². The van der Waals surface area contributed by atoms with E-state index in [9.17, 15) is 4.79 Å². The van der Waals surface area contributed by atoms with Crippen LogP contribution in [0.15, 0.2) is 19.0 Å². The molecule has 0 aliphatic carbocycles. The number of halogens is 2. The fraction of sp³-hybridized carbons (Fsp3) is 0.438. The highest BCUT2D eigenvalue weighted by Gasteiger charge is 2.33.